The number of hydrogen-bond acceptors (Lipinski definition) is 3. The number of nitrogens with one attached hydrogen (secondary N) is 1. The van der Waals surface area contributed by atoms with Crippen LogP contribution < -0.4 is 10.1 Å². The number of nitrogens with zero attached hydrogens (tertiary/aromatic N) is 1. The highest BCUT2D eigenvalue weighted by Crippen LogP contribution is 2.19. The number of carbonyl (C=O) groups excluding carboxylic acids is 2. The second-order valence-electron chi connectivity index (χ2n) is 8.15. The van der Waals surface area contributed by atoms with Crippen LogP contribution >= 0.6 is 23.2 Å². The van der Waals surface area contributed by atoms with Crippen LogP contribution in [-0.2, 0) is 22.6 Å². The molecule has 0 saturated carbocycles. The summed E-state index contributed by atoms with van der Waals surface area (Å²) < 4.78 is 5.74. The van der Waals surface area contributed by atoms with Gasteiger partial charge >= 0.3 is 0 Å². The van der Waals surface area contributed by atoms with Crippen molar-refractivity contribution in [3.8, 4) is 5.75 Å². The summed E-state index contributed by atoms with van der Waals surface area (Å²) in [5, 5.41) is 4.16. The van der Waals surface area contributed by atoms with Crippen LogP contribution in [0.1, 0.15) is 30.9 Å². The van der Waals surface area contributed by atoms with Gasteiger partial charge in [0.05, 0.1) is 6.61 Å². The first-order chi connectivity index (χ1) is 17.0. The fraction of sp³-hybridized carbons (Fsp3) is 0.286. The van der Waals surface area contributed by atoms with Crippen molar-refractivity contribution in [2.24, 2.45) is 0 Å². The van der Waals surface area contributed by atoms with Crippen molar-refractivity contribution in [1.29, 1.82) is 0 Å². The van der Waals surface area contributed by atoms with Crippen LogP contribution in [0.4, 0.5) is 0 Å². The lowest BCUT2D eigenvalue weighted by Crippen LogP contribution is -2.50. The Morgan fingerprint density at radius 2 is 1.51 bits per heavy atom. The Labute approximate surface area is 217 Å². The van der Waals surface area contributed by atoms with Gasteiger partial charge in [0.1, 0.15) is 11.8 Å². The lowest BCUT2D eigenvalue weighted by Gasteiger charge is -2.31. The first-order valence-corrected chi connectivity index (χ1v) is 12.5. The quantitative estimate of drug-likeness (QED) is 0.306. The van der Waals surface area contributed by atoms with Gasteiger partial charge in [-0.3, -0.25) is 9.59 Å². The lowest BCUT2D eigenvalue weighted by molar-refractivity contribution is -0.141. The van der Waals surface area contributed by atoms with E-state index in [9.17, 15) is 9.59 Å². The van der Waals surface area contributed by atoms with E-state index in [0.717, 1.165) is 11.1 Å². The Morgan fingerprint density at radius 1 is 0.886 bits per heavy atom. The van der Waals surface area contributed by atoms with Crippen LogP contribution in [-0.4, -0.2) is 35.9 Å². The van der Waals surface area contributed by atoms with Gasteiger partial charge < -0.3 is 15.0 Å². The number of ether oxygens (including phenoxy) is 1. The van der Waals surface area contributed by atoms with Crippen molar-refractivity contribution in [3.63, 3.8) is 0 Å². The molecule has 7 heteroatoms. The van der Waals surface area contributed by atoms with Crippen molar-refractivity contribution < 1.29 is 14.3 Å². The molecule has 0 aliphatic carbocycles. The van der Waals surface area contributed by atoms with Crippen molar-refractivity contribution in [1.82, 2.24) is 10.2 Å². The molecule has 0 fully saturated rings. The van der Waals surface area contributed by atoms with Gasteiger partial charge in [-0.2, -0.15) is 0 Å². The van der Waals surface area contributed by atoms with Gasteiger partial charge in [0.25, 0.3) is 0 Å². The van der Waals surface area contributed by atoms with E-state index in [2.05, 4.69) is 5.32 Å². The van der Waals surface area contributed by atoms with Gasteiger partial charge in [-0.1, -0.05) is 65.7 Å². The number of carbonyl (C=O) groups is 2. The van der Waals surface area contributed by atoms with Crippen LogP contribution in [0.3, 0.4) is 0 Å². The molecule has 2 amide bonds. The SMILES string of the molecule is CCNC(=O)C(Cc1ccccc1)N(Cc1ccc(Cl)cc1)C(=O)CCCOc1ccc(Cl)cc1. The molecule has 0 heterocycles. The smallest absolute Gasteiger partial charge is 0.243 e. The number of rotatable bonds is 12. The maximum absolute atomic E-state index is 13.5. The fourth-order valence-corrected chi connectivity index (χ4v) is 3.97. The molecule has 1 unspecified atom stereocenters. The molecule has 5 nitrogen and oxygen atoms in total. The molecule has 184 valence electrons. The Balaban J connectivity index is 1.75. The van der Waals surface area contributed by atoms with E-state index in [1.165, 1.54) is 0 Å². The zero-order valence-electron chi connectivity index (χ0n) is 19.8. The second kappa shape index (κ2) is 13.8. The molecule has 0 aliphatic heterocycles. The molecule has 0 radical (unpaired) electrons. The Hall–Kier alpha value is -3.02. The van der Waals surface area contributed by atoms with E-state index in [-0.39, 0.29) is 18.2 Å². The number of likely N-dealkylation sites (N-methyl/N-ethyl adjacent to an activating group) is 1. The van der Waals surface area contributed by atoms with Crippen LogP contribution in [0.25, 0.3) is 0 Å². The normalized spacial score (nSPS) is 11.5. The third kappa shape index (κ3) is 8.61. The highest BCUT2D eigenvalue weighted by Gasteiger charge is 2.29. The molecule has 0 saturated heterocycles. The molecule has 3 aromatic rings. The molecule has 1 N–H and O–H groups in total. The summed E-state index contributed by atoms with van der Waals surface area (Å²) in [6, 6.07) is 23.5. The van der Waals surface area contributed by atoms with E-state index in [1.54, 1.807) is 41.3 Å². The zero-order chi connectivity index (χ0) is 25.0. The summed E-state index contributed by atoms with van der Waals surface area (Å²) in [5.74, 6) is 0.423. The highest BCUT2D eigenvalue weighted by molar-refractivity contribution is 6.30. The monoisotopic (exact) mass is 512 g/mol. The summed E-state index contributed by atoms with van der Waals surface area (Å²) in [7, 11) is 0. The summed E-state index contributed by atoms with van der Waals surface area (Å²) >= 11 is 12.0. The zero-order valence-corrected chi connectivity index (χ0v) is 21.3. The highest BCUT2D eigenvalue weighted by atomic mass is 35.5. The first-order valence-electron chi connectivity index (χ1n) is 11.7. The van der Waals surface area contributed by atoms with E-state index in [1.807, 2.05) is 49.4 Å². The number of halogens is 2. The molecule has 35 heavy (non-hydrogen) atoms. The van der Waals surface area contributed by atoms with Gasteiger partial charge in [0, 0.05) is 36.0 Å². The Morgan fingerprint density at radius 3 is 2.14 bits per heavy atom. The number of benzene rings is 3. The van der Waals surface area contributed by atoms with Gasteiger partial charge in [0.2, 0.25) is 11.8 Å². The largest absolute Gasteiger partial charge is 0.494 e. The average Bonchev–Trinajstić information content (AvgIpc) is 2.87. The minimum atomic E-state index is -0.641. The Kier molecular flexibility index (Phi) is 10.5. The molecule has 0 spiro atoms. The molecule has 1 atom stereocenters. The summed E-state index contributed by atoms with van der Waals surface area (Å²) in [5.41, 5.74) is 1.89. The number of hydrogen-bond donors (Lipinski definition) is 1. The van der Waals surface area contributed by atoms with Crippen LogP contribution in [0, 0.1) is 0 Å². The summed E-state index contributed by atoms with van der Waals surface area (Å²) in [4.78, 5) is 28.2. The van der Waals surface area contributed by atoms with Crippen LogP contribution in [0.5, 0.6) is 5.75 Å². The molecular weight excluding hydrogens is 483 g/mol. The maximum atomic E-state index is 13.5. The van der Waals surface area contributed by atoms with Crippen LogP contribution in [0.2, 0.25) is 10.0 Å². The molecule has 0 aliphatic rings. The standard InChI is InChI=1S/C28H30Cl2N2O3/c1-2-31-28(34)26(19-21-7-4-3-5-8-21)32(20-22-10-12-23(29)13-11-22)27(33)9-6-18-35-25-16-14-24(30)15-17-25/h3-5,7-8,10-17,26H,2,6,9,18-20H2,1H3,(H,31,34). The summed E-state index contributed by atoms with van der Waals surface area (Å²) in [6.07, 6.45) is 1.20. The minimum absolute atomic E-state index is 0.105. The van der Waals surface area contributed by atoms with Crippen molar-refractivity contribution >= 4 is 35.0 Å². The first kappa shape index (κ1) is 26.6. The van der Waals surface area contributed by atoms with Crippen LogP contribution in [0.15, 0.2) is 78.9 Å². The Bertz CT molecular complexity index is 1070. The van der Waals surface area contributed by atoms with Gasteiger partial charge in [-0.05, 0) is 60.9 Å². The molecule has 3 aromatic carbocycles. The van der Waals surface area contributed by atoms with Crippen molar-refractivity contribution in [3.05, 3.63) is 100 Å². The van der Waals surface area contributed by atoms with Gasteiger partial charge in [-0.25, -0.2) is 0 Å². The van der Waals surface area contributed by atoms with Crippen molar-refractivity contribution in [2.75, 3.05) is 13.2 Å². The maximum Gasteiger partial charge on any atom is 0.243 e. The third-order valence-corrected chi connectivity index (χ3v) is 6.01. The van der Waals surface area contributed by atoms with Gasteiger partial charge in [-0.15, -0.1) is 0 Å². The average molecular weight is 513 g/mol. The predicted octanol–water partition coefficient (Wildman–Crippen LogP) is 5.93. The van der Waals surface area contributed by atoms with E-state index >= 15 is 0 Å². The predicted molar refractivity (Wildman–Crippen MR) is 141 cm³/mol. The molecule has 0 bridgehead atoms. The van der Waals surface area contributed by atoms with E-state index in [0.29, 0.717) is 48.3 Å². The summed E-state index contributed by atoms with van der Waals surface area (Å²) in [6.45, 7) is 3.05. The molecular formula is C28H30Cl2N2O3. The van der Waals surface area contributed by atoms with Crippen molar-refractivity contribution in [2.45, 2.75) is 38.8 Å². The number of amides is 2. The second-order valence-corrected chi connectivity index (χ2v) is 9.03. The molecule has 3 rings (SSSR count). The fourth-order valence-electron chi connectivity index (χ4n) is 3.72. The third-order valence-electron chi connectivity index (χ3n) is 5.51. The van der Waals surface area contributed by atoms with Gasteiger partial charge in [0.15, 0.2) is 0 Å². The molecule has 0 aromatic heterocycles. The minimum Gasteiger partial charge on any atom is -0.494 e. The topological polar surface area (TPSA) is 58.6 Å². The van der Waals surface area contributed by atoms with E-state index < -0.39 is 6.04 Å². The lowest BCUT2D eigenvalue weighted by atomic mass is 10.0. The van der Waals surface area contributed by atoms with E-state index in [4.69, 9.17) is 27.9 Å².